The maximum absolute atomic E-state index is 12.4. The zero-order chi connectivity index (χ0) is 16.3. The molecule has 8 heteroatoms. The normalized spacial score (nSPS) is 19.7. The third kappa shape index (κ3) is 4.75. The molecule has 0 amide bonds. The predicted octanol–water partition coefficient (Wildman–Crippen LogP) is 2.06. The molecule has 0 radical (unpaired) electrons. The van der Waals surface area contributed by atoms with Gasteiger partial charge in [0, 0.05) is 38.8 Å². The molecule has 2 heterocycles. The molecule has 5 nitrogen and oxygen atoms in total. The molecule has 1 aromatic rings. The average Bonchev–Trinajstić information content (AvgIpc) is 2.88. The molecule has 1 saturated heterocycles. The zero-order valence-electron chi connectivity index (χ0n) is 13.3. The first-order valence-electron chi connectivity index (χ1n) is 7.47. The minimum Gasteiger partial charge on any atom is -0.304 e. The van der Waals surface area contributed by atoms with Gasteiger partial charge in [-0.2, -0.15) is 0 Å². The van der Waals surface area contributed by atoms with Crippen LogP contribution in [0.1, 0.15) is 13.8 Å². The van der Waals surface area contributed by atoms with Crippen molar-refractivity contribution in [1.29, 1.82) is 0 Å². The first kappa shape index (κ1) is 18.4. The Balaban J connectivity index is 2.00. The Labute approximate surface area is 145 Å². The van der Waals surface area contributed by atoms with E-state index in [0.717, 1.165) is 30.0 Å². The number of thiophene rings is 1. The Morgan fingerprint density at radius 1 is 1.27 bits per heavy atom. The van der Waals surface area contributed by atoms with E-state index in [1.54, 1.807) is 12.1 Å². The van der Waals surface area contributed by atoms with E-state index < -0.39 is 10.0 Å². The molecular formula is C14H24BrN3O2S2. The van der Waals surface area contributed by atoms with E-state index in [2.05, 4.69) is 51.3 Å². The zero-order valence-corrected chi connectivity index (χ0v) is 16.5. The molecule has 1 unspecified atom stereocenters. The molecule has 1 aromatic heterocycles. The van der Waals surface area contributed by atoms with Gasteiger partial charge in [-0.05, 0) is 41.0 Å². The smallest absolute Gasteiger partial charge is 0.250 e. The lowest BCUT2D eigenvalue weighted by Crippen LogP contribution is -2.54. The maximum atomic E-state index is 12.4. The molecule has 126 valence electrons. The van der Waals surface area contributed by atoms with Crippen molar-refractivity contribution >= 4 is 37.3 Å². The SMILES string of the molecule is CC(C)C(CNS(=O)(=O)c1ccc(Br)s1)N1CCN(C)CC1. The number of nitrogens with one attached hydrogen (secondary N) is 1. The Morgan fingerprint density at radius 3 is 2.41 bits per heavy atom. The van der Waals surface area contributed by atoms with Gasteiger partial charge in [0.1, 0.15) is 4.21 Å². The number of hydrogen-bond donors (Lipinski definition) is 1. The highest BCUT2D eigenvalue weighted by Gasteiger charge is 2.27. The molecule has 1 atom stereocenters. The highest BCUT2D eigenvalue weighted by Crippen LogP contribution is 2.26. The minimum atomic E-state index is -3.42. The lowest BCUT2D eigenvalue weighted by molar-refractivity contribution is 0.0905. The monoisotopic (exact) mass is 409 g/mol. The number of sulfonamides is 1. The summed E-state index contributed by atoms with van der Waals surface area (Å²) in [5.74, 6) is 0.404. The molecule has 22 heavy (non-hydrogen) atoms. The Morgan fingerprint density at radius 2 is 1.91 bits per heavy atom. The van der Waals surface area contributed by atoms with Crippen molar-refractivity contribution in [3.05, 3.63) is 15.9 Å². The van der Waals surface area contributed by atoms with E-state index in [1.165, 1.54) is 11.3 Å². The van der Waals surface area contributed by atoms with Crippen molar-refractivity contribution in [2.75, 3.05) is 39.8 Å². The number of halogens is 1. The Bertz CT molecular complexity index is 581. The van der Waals surface area contributed by atoms with Gasteiger partial charge in [-0.25, -0.2) is 13.1 Å². The third-order valence-electron chi connectivity index (χ3n) is 4.07. The summed E-state index contributed by atoms with van der Waals surface area (Å²) in [6.45, 7) is 8.82. The fourth-order valence-corrected chi connectivity index (χ4v) is 5.75. The number of likely N-dealkylation sites (N-methyl/N-ethyl adjacent to an activating group) is 1. The first-order valence-corrected chi connectivity index (χ1v) is 10.6. The Kier molecular flexibility index (Phi) is 6.44. The lowest BCUT2D eigenvalue weighted by atomic mass is 10.0. The summed E-state index contributed by atoms with van der Waals surface area (Å²) < 4.78 is 28.7. The fourth-order valence-electron chi connectivity index (χ4n) is 2.65. The second-order valence-corrected chi connectivity index (χ2v) is 10.5. The van der Waals surface area contributed by atoms with Crippen molar-refractivity contribution in [1.82, 2.24) is 14.5 Å². The van der Waals surface area contributed by atoms with Crippen LogP contribution in [0.25, 0.3) is 0 Å². The summed E-state index contributed by atoms with van der Waals surface area (Å²) in [5, 5.41) is 0. The quantitative estimate of drug-likeness (QED) is 0.780. The lowest BCUT2D eigenvalue weighted by Gasteiger charge is -2.39. The third-order valence-corrected chi connectivity index (χ3v) is 7.61. The van der Waals surface area contributed by atoms with Crippen LogP contribution in [-0.2, 0) is 10.0 Å². The van der Waals surface area contributed by atoms with Crippen LogP contribution in [0.3, 0.4) is 0 Å². The molecule has 1 fully saturated rings. The summed E-state index contributed by atoms with van der Waals surface area (Å²) >= 11 is 4.55. The van der Waals surface area contributed by atoms with Crippen molar-refractivity contribution in [2.24, 2.45) is 5.92 Å². The molecule has 1 aliphatic rings. The summed E-state index contributed by atoms with van der Waals surface area (Å²) in [6, 6.07) is 3.63. The van der Waals surface area contributed by atoms with Gasteiger partial charge in [0.15, 0.2) is 0 Å². The van der Waals surface area contributed by atoms with E-state index in [0.29, 0.717) is 16.7 Å². The van der Waals surface area contributed by atoms with Gasteiger partial charge in [-0.15, -0.1) is 11.3 Å². The summed E-state index contributed by atoms with van der Waals surface area (Å²) in [4.78, 5) is 4.71. The minimum absolute atomic E-state index is 0.229. The molecule has 0 spiro atoms. The van der Waals surface area contributed by atoms with E-state index >= 15 is 0 Å². The van der Waals surface area contributed by atoms with Crippen LogP contribution >= 0.6 is 27.3 Å². The van der Waals surface area contributed by atoms with Gasteiger partial charge in [0.2, 0.25) is 10.0 Å². The topological polar surface area (TPSA) is 52.7 Å². The van der Waals surface area contributed by atoms with Gasteiger partial charge in [0.25, 0.3) is 0 Å². The van der Waals surface area contributed by atoms with Crippen molar-refractivity contribution in [2.45, 2.75) is 24.1 Å². The van der Waals surface area contributed by atoms with Crippen LogP contribution in [0.5, 0.6) is 0 Å². The van der Waals surface area contributed by atoms with E-state index in [4.69, 9.17) is 0 Å². The first-order chi connectivity index (χ1) is 10.3. The van der Waals surface area contributed by atoms with E-state index in [-0.39, 0.29) is 6.04 Å². The Hall–Kier alpha value is 0.01000. The van der Waals surface area contributed by atoms with Crippen LogP contribution in [0, 0.1) is 5.92 Å². The second-order valence-electron chi connectivity index (χ2n) is 6.06. The molecule has 0 bridgehead atoms. The molecule has 1 aliphatic heterocycles. The van der Waals surface area contributed by atoms with Gasteiger partial charge in [-0.1, -0.05) is 13.8 Å². The van der Waals surface area contributed by atoms with Gasteiger partial charge in [0.05, 0.1) is 3.79 Å². The molecule has 2 rings (SSSR count). The summed E-state index contributed by atoms with van der Waals surface area (Å²) in [7, 11) is -1.29. The van der Waals surface area contributed by atoms with E-state index in [9.17, 15) is 8.42 Å². The van der Waals surface area contributed by atoms with Gasteiger partial charge >= 0.3 is 0 Å². The molecule has 0 aliphatic carbocycles. The van der Waals surface area contributed by atoms with Crippen molar-refractivity contribution < 1.29 is 8.42 Å². The summed E-state index contributed by atoms with van der Waals surface area (Å²) in [6.07, 6.45) is 0. The fraction of sp³-hybridized carbons (Fsp3) is 0.714. The second kappa shape index (κ2) is 7.72. The number of hydrogen-bond acceptors (Lipinski definition) is 5. The maximum Gasteiger partial charge on any atom is 0.250 e. The molecular weight excluding hydrogens is 386 g/mol. The van der Waals surface area contributed by atoms with Crippen LogP contribution in [0.15, 0.2) is 20.1 Å². The standard InChI is InChI=1S/C14H24BrN3O2S2/c1-11(2)12(18-8-6-17(3)7-9-18)10-16-22(19,20)14-5-4-13(15)21-14/h4-5,11-12,16H,6-10H2,1-3H3. The highest BCUT2D eigenvalue weighted by molar-refractivity contribution is 9.11. The predicted molar refractivity (Wildman–Crippen MR) is 94.9 cm³/mol. The van der Waals surface area contributed by atoms with Crippen LogP contribution in [0.4, 0.5) is 0 Å². The van der Waals surface area contributed by atoms with Gasteiger partial charge < -0.3 is 4.90 Å². The number of piperazine rings is 1. The number of nitrogens with zero attached hydrogens (tertiary/aromatic N) is 2. The van der Waals surface area contributed by atoms with Crippen molar-refractivity contribution in [3.63, 3.8) is 0 Å². The molecule has 1 N–H and O–H groups in total. The average molecular weight is 410 g/mol. The molecule has 0 saturated carbocycles. The largest absolute Gasteiger partial charge is 0.304 e. The van der Waals surface area contributed by atoms with Crippen molar-refractivity contribution in [3.8, 4) is 0 Å². The van der Waals surface area contributed by atoms with Crippen LogP contribution in [0.2, 0.25) is 0 Å². The molecule has 0 aromatic carbocycles. The van der Waals surface area contributed by atoms with Crippen LogP contribution in [-0.4, -0.2) is 64.0 Å². The number of rotatable bonds is 6. The highest BCUT2D eigenvalue weighted by atomic mass is 79.9. The summed E-state index contributed by atoms with van der Waals surface area (Å²) in [5.41, 5.74) is 0. The van der Waals surface area contributed by atoms with Crippen LogP contribution < -0.4 is 4.72 Å². The van der Waals surface area contributed by atoms with E-state index in [1.807, 2.05) is 0 Å². The van der Waals surface area contributed by atoms with Gasteiger partial charge in [-0.3, -0.25) is 4.90 Å².